The van der Waals surface area contributed by atoms with Gasteiger partial charge in [0, 0.05) is 43.2 Å². The number of hydrogen-bond acceptors (Lipinski definition) is 6. The maximum atomic E-state index is 12.8. The number of carbonyl (C=O) groups is 1. The molecule has 3 heterocycles. The van der Waals surface area contributed by atoms with E-state index in [9.17, 15) is 4.79 Å². The van der Waals surface area contributed by atoms with Gasteiger partial charge < -0.3 is 9.80 Å². The van der Waals surface area contributed by atoms with Crippen LogP contribution in [0.4, 0.5) is 0 Å². The van der Waals surface area contributed by atoms with Crippen molar-refractivity contribution in [1.29, 1.82) is 0 Å². The molecule has 0 unspecified atom stereocenters. The fraction of sp³-hybridized carbons (Fsp3) is 0.269. The maximum Gasteiger partial charge on any atom is 0.253 e. The highest BCUT2D eigenvalue weighted by Gasteiger charge is 2.20. The van der Waals surface area contributed by atoms with Crippen molar-refractivity contribution in [1.82, 2.24) is 24.6 Å². The Morgan fingerprint density at radius 3 is 2.38 bits per heavy atom. The molecule has 0 radical (unpaired) electrons. The molecule has 1 fully saturated rings. The second-order valence-electron chi connectivity index (χ2n) is 8.54. The molecule has 0 N–H and O–H groups in total. The van der Waals surface area contributed by atoms with Gasteiger partial charge in [-0.05, 0) is 55.2 Å². The minimum absolute atomic E-state index is 0.118. The Kier molecular flexibility index (Phi) is 6.80. The molecule has 0 aliphatic carbocycles. The van der Waals surface area contributed by atoms with Crippen LogP contribution >= 0.6 is 23.1 Å². The molecule has 0 atom stereocenters. The van der Waals surface area contributed by atoms with Crippen LogP contribution in [0.25, 0.3) is 16.4 Å². The smallest absolute Gasteiger partial charge is 0.253 e. The SMILES string of the molecule is Cc1ccc(-n2c(SCc3ccc(C(=O)N4CCN(C)CC4)cc3)nnc2-c2cccs2)cc1. The number of thiophene rings is 1. The molecule has 4 aromatic rings. The number of aryl methyl sites for hydroxylation is 1. The highest BCUT2D eigenvalue weighted by molar-refractivity contribution is 7.98. The monoisotopic (exact) mass is 489 g/mol. The third kappa shape index (κ3) is 4.94. The number of carbonyl (C=O) groups excluding carboxylic acids is 1. The Morgan fingerprint density at radius 1 is 0.971 bits per heavy atom. The summed E-state index contributed by atoms with van der Waals surface area (Å²) in [6.45, 7) is 5.51. The molecule has 1 saturated heterocycles. The van der Waals surface area contributed by atoms with Crippen molar-refractivity contribution in [3.05, 3.63) is 82.7 Å². The Hall–Kier alpha value is -2.94. The molecule has 8 heteroatoms. The van der Waals surface area contributed by atoms with Crippen LogP contribution < -0.4 is 0 Å². The number of amides is 1. The van der Waals surface area contributed by atoms with Crippen LogP contribution in [0.5, 0.6) is 0 Å². The second kappa shape index (κ2) is 10.1. The summed E-state index contributed by atoms with van der Waals surface area (Å²) in [5.74, 6) is 1.72. The lowest BCUT2D eigenvalue weighted by Gasteiger charge is -2.32. The Bertz CT molecular complexity index is 1240. The summed E-state index contributed by atoms with van der Waals surface area (Å²) in [7, 11) is 2.09. The highest BCUT2D eigenvalue weighted by Crippen LogP contribution is 2.32. The fourth-order valence-corrected chi connectivity index (χ4v) is 5.55. The third-order valence-electron chi connectivity index (χ3n) is 6.03. The molecule has 1 aliphatic rings. The van der Waals surface area contributed by atoms with Crippen LogP contribution in [0.1, 0.15) is 21.5 Å². The van der Waals surface area contributed by atoms with E-state index in [1.165, 1.54) is 5.56 Å². The van der Waals surface area contributed by atoms with Crippen molar-refractivity contribution in [2.24, 2.45) is 0 Å². The number of benzene rings is 2. The van der Waals surface area contributed by atoms with Crippen LogP contribution in [0.2, 0.25) is 0 Å². The summed E-state index contributed by atoms with van der Waals surface area (Å²) in [5.41, 5.74) is 4.17. The number of rotatable bonds is 6. The van der Waals surface area contributed by atoms with Crippen LogP contribution in [-0.4, -0.2) is 63.7 Å². The number of thioether (sulfide) groups is 1. The molecule has 2 aromatic carbocycles. The second-order valence-corrected chi connectivity index (χ2v) is 10.4. The molecule has 34 heavy (non-hydrogen) atoms. The molecule has 1 aliphatic heterocycles. The molecule has 6 nitrogen and oxygen atoms in total. The van der Waals surface area contributed by atoms with Crippen LogP contribution in [0.15, 0.2) is 71.2 Å². The first kappa shape index (κ1) is 22.8. The van der Waals surface area contributed by atoms with E-state index in [0.29, 0.717) is 0 Å². The van der Waals surface area contributed by atoms with E-state index in [4.69, 9.17) is 0 Å². The number of hydrogen-bond donors (Lipinski definition) is 0. The van der Waals surface area contributed by atoms with E-state index >= 15 is 0 Å². The summed E-state index contributed by atoms with van der Waals surface area (Å²) < 4.78 is 2.13. The van der Waals surface area contributed by atoms with Gasteiger partial charge in [0.1, 0.15) is 0 Å². The van der Waals surface area contributed by atoms with E-state index in [-0.39, 0.29) is 5.91 Å². The minimum Gasteiger partial charge on any atom is -0.336 e. The third-order valence-corrected chi connectivity index (χ3v) is 7.89. The lowest BCUT2D eigenvalue weighted by molar-refractivity contribution is 0.0664. The van der Waals surface area contributed by atoms with Crippen LogP contribution in [-0.2, 0) is 5.75 Å². The van der Waals surface area contributed by atoms with E-state index < -0.39 is 0 Å². The van der Waals surface area contributed by atoms with Crippen molar-refractivity contribution in [3.63, 3.8) is 0 Å². The first-order valence-electron chi connectivity index (χ1n) is 11.3. The molecule has 5 rings (SSSR count). The summed E-state index contributed by atoms with van der Waals surface area (Å²) in [6, 6.07) is 20.5. The van der Waals surface area contributed by atoms with Crippen molar-refractivity contribution >= 4 is 29.0 Å². The lowest BCUT2D eigenvalue weighted by atomic mass is 10.1. The maximum absolute atomic E-state index is 12.8. The predicted molar refractivity (Wildman–Crippen MR) is 139 cm³/mol. The van der Waals surface area contributed by atoms with Gasteiger partial charge in [-0.25, -0.2) is 0 Å². The van der Waals surface area contributed by atoms with Gasteiger partial charge in [-0.2, -0.15) is 0 Å². The largest absolute Gasteiger partial charge is 0.336 e. The van der Waals surface area contributed by atoms with E-state index in [1.54, 1.807) is 23.1 Å². The molecule has 2 aromatic heterocycles. The van der Waals surface area contributed by atoms with Gasteiger partial charge in [0.2, 0.25) is 0 Å². The van der Waals surface area contributed by atoms with Crippen molar-refractivity contribution < 1.29 is 4.79 Å². The molecular formula is C26H27N5OS2. The standard InChI is InChI=1S/C26H27N5OS2/c1-19-5-11-22(12-6-19)31-24(23-4-3-17-33-23)27-28-26(31)34-18-20-7-9-21(10-8-20)25(32)30-15-13-29(2)14-16-30/h3-12,17H,13-16,18H2,1-2H3. The van der Waals surface area contributed by atoms with Crippen molar-refractivity contribution in [3.8, 4) is 16.4 Å². The zero-order valence-electron chi connectivity index (χ0n) is 19.3. The number of piperazine rings is 1. The van der Waals surface area contributed by atoms with Gasteiger partial charge in [-0.15, -0.1) is 21.5 Å². The molecule has 0 spiro atoms. The predicted octanol–water partition coefficient (Wildman–Crippen LogP) is 4.98. The zero-order valence-corrected chi connectivity index (χ0v) is 21.0. The molecular weight excluding hydrogens is 462 g/mol. The number of aromatic nitrogens is 3. The van der Waals surface area contributed by atoms with Gasteiger partial charge in [0.15, 0.2) is 11.0 Å². The Labute approximate surface area is 208 Å². The molecule has 1 amide bonds. The summed E-state index contributed by atoms with van der Waals surface area (Å²) in [4.78, 5) is 18.1. The highest BCUT2D eigenvalue weighted by atomic mass is 32.2. The van der Waals surface area contributed by atoms with E-state index in [0.717, 1.165) is 64.6 Å². The van der Waals surface area contributed by atoms with Crippen LogP contribution in [0.3, 0.4) is 0 Å². The minimum atomic E-state index is 0.118. The first-order chi connectivity index (χ1) is 16.6. The Morgan fingerprint density at radius 2 is 1.71 bits per heavy atom. The van der Waals surface area contributed by atoms with E-state index in [1.807, 2.05) is 35.2 Å². The molecule has 174 valence electrons. The lowest BCUT2D eigenvalue weighted by Crippen LogP contribution is -2.47. The normalized spacial score (nSPS) is 14.5. The fourth-order valence-electron chi connectivity index (χ4n) is 3.94. The zero-order chi connectivity index (χ0) is 23.5. The topological polar surface area (TPSA) is 54.3 Å². The molecule has 0 saturated carbocycles. The van der Waals surface area contributed by atoms with Gasteiger partial charge in [-0.1, -0.05) is 47.7 Å². The Balaban J connectivity index is 1.32. The van der Waals surface area contributed by atoms with Gasteiger partial charge in [0.05, 0.1) is 4.88 Å². The quantitative estimate of drug-likeness (QED) is 0.358. The van der Waals surface area contributed by atoms with Gasteiger partial charge in [0.25, 0.3) is 5.91 Å². The average molecular weight is 490 g/mol. The van der Waals surface area contributed by atoms with E-state index in [2.05, 4.69) is 69.3 Å². The summed E-state index contributed by atoms with van der Waals surface area (Å²) >= 11 is 3.31. The number of nitrogens with zero attached hydrogens (tertiary/aromatic N) is 5. The number of likely N-dealkylation sites (N-methyl/N-ethyl adjacent to an activating group) is 1. The molecule has 0 bridgehead atoms. The summed E-state index contributed by atoms with van der Waals surface area (Å²) in [6.07, 6.45) is 0. The summed E-state index contributed by atoms with van der Waals surface area (Å²) in [5, 5.41) is 11.9. The van der Waals surface area contributed by atoms with Crippen LogP contribution in [0, 0.1) is 6.92 Å². The average Bonchev–Trinajstić information content (AvgIpc) is 3.54. The van der Waals surface area contributed by atoms with Gasteiger partial charge in [-0.3, -0.25) is 9.36 Å². The first-order valence-corrected chi connectivity index (χ1v) is 13.2. The van der Waals surface area contributed by atoms with Crippen molar-refractivity contribution in [2.75, 3.05) is 33.2 Å². The van der Waals surface area contributed by atoms with Gasteiger partial charge >= 0.3 is 0 Å². The van der Waals surface area contributed by atoms with Crippen molar-refractivity contribution in [2.45, 2.75) is 17.8 Å².